The predicted molar refractivity (Wildman–Crippen MR) is 93.6 cm³/mol. The van der Waals surface area contributed by atoms with E-state index in [1.54, 1.807) is 5.06 Å². The van der Waals surface area contributed by atoms with E-state index >= 15 is 0 Å². The number of hydrogen-bond donors (Lipinski definition) is 0. The first-order chi connectivity index (χ1) is 12.1. The predicted octanol–water partition coefficient (Wildman–Crippen LogP) is 2.86. The third-order valence-electron chi connectivity index (χ3n) is 4.95. The molecule has 2 aromatic rings. The summed E-state index contributed by atoms with van der Waals surface area (Å²) in [4.78, 5) is 32.8. The summed E-state index contributed by atoms with van der Waals surface area (Å²) in [5.74, 6) is -0.912. The Hall–Kier alpha value is -2.66. The highest BCUT2D eigenvalue weighted by atomic mass is 16.7. The molecule has 0 saturated carbocycles. The van der Waals surface area contributed by atoms with Gasteiger partial charge in [-0.25, -0.2) is 5.06 Å². The molecule has 0 radical (unpaired) electrons. The summed E-state index contributed by atoms with van der Waals surface area (Å²) in [6.45, 7) is 4.21. The van der Waals surface area contributed by atoms with Gasteiger partial charge in [-0.3, -0.25) is 19.3 Å². The van der Waals surface area contributed by atoms with Crippen molar-refractivity contribution >= 4 is 17.5 Å². The molecule has 5 heteroatoms. The molecular weight excluding hydrogens is 316 g/mol. The Labute approximate surface area is 146 Å². The lowest BCUT2D eigenvalue weighted by Gasteiger charge is -2.28. The molecule has 0 spiro atoms. The molecule has 2 amide bonds. The topological polar surface area (TPSA) is 49.9 Å². The fourth-order valence-corrected chi connectivity index (χ4v) is 3.68. The maximum absolute atomic E-state index is 12.9. The molecular formula is C20H20N2O3. The minimum absolute atomic E-state index is 0.151. The zero-order chi connectivity index (χ0) is 17.6. The molecule has 0 bridgehead atoms. The van der Waals surface area contributed by atoms with Gasteiger partial charge >= 0.3 is 0 Å². The van der Waals surface area contributed by atoms with Crippen LogP contribution in [0.2, 0.25) is 0 Å². The smallest absolute Gasteiger partial charge is 0.261 e. The Morgan fingerprint density at radius 2 is 1.64 bits per heavy atom. The number of hydrogen-bond acceptors (Lipinski definition) is 4. The Bertz CT molecular complexity index is 803. The standard InChI is InChI=1S/C20H20N2O3/c1-3-21-19(23)16-17(14-11-9-13(2)10-12-14)22(25-18(16)20(21)24)15-7-5-4-6-8-15/h4-12,16-18H,3H2,1-2H3. The number of benzene rings is 2. The molecule has 5 nitrogen and oxygen atoms in total. The molecule has 128 valence electrons. The summed E-state index contributed by atoms with van der Waals surface area (Å²) in [6, 6.07) is 17.3. The Kier molecular flexibility index (Phi) is 3.81. The van der Waals surface area contributed by atoms with Gasteiger partial charge in [0, 0.05) is 6.54 Å². The Balaban J connectivity index is 1.80. The summed E-state index contributed by atoms with van der Waals surface area (Å²) >= 11 is 0. The first-order valence-corrected chi connectivity index (χ1v) is 8.54. The highest BCUT2D eigenvalue weighted by Crippen LogP contribution is 2.46. The molecule has 0 N–H and O–H groups in total. The van der Waals surface area contributed by atoms with E-state index in [2.05, 4.69) is 0 Å². The minimum atomic E-state index is -0.751. The van der Waals surface area contributed by atoms with Crippen LogP contribution >= 0.6 is 0 Å². The van der Waals surface area contributed by atoms with Gasteiger partial charge in [0.1, 0.15) is 5.92 Å². The number of fused-ring (bicyclic) bond motifs is 1. The average molecular weight is 336 g/mol. The van der Waals surface area contributed by atoms with Gasteiger partial charge in [-0.15, -0.1) is 0 Å². The number of nitrogens with zero attached hydrogens (tertiary/aromatic N) is 2. The number of carbonyl (C=O) groups excluding carboxylic acids is 2. The number of para-hydroxylation sites is 1. The lowest BCUT2D eigenvalue weighted by molar-refractivity contribution is -0.142. The van der Waals surface area contributed by atoms with Gasteiger partial charge in [0.2, 0.25) is 5.91 Å². The second-order valence-corrected chi connectivity index (χ2v) is 6.49. The number of carbonyl (C=O) groups is 2. The molecule has 2 aliphatic heterocycles. The average Bonchev–Trinajstić information content (AvgIpc) is 3.13. The van der Waals surface area contributed by atoms with E-state index in [-0.39, 0.29) is 17.9 Å². The SMILES string of the molecule is CCN1C(=O)C2ON(c3ccccc3)C(c3ccc(C)cc3)C2C1=O. The highest BCUT2D eigenvalue weighted by molar-refractivity contribution is 6.07. The van der Waals surface area contributed by atoms with E-state index in [0.29, 0.717) is 6.54 Å². The number of anilines is 1. The first kappa shape index (κ1) is 15.8. The number of hydroxylamine groups is 1. The molecule has 3 atom stereocenters. The third kappa shape index (κ3) is 2.43. The Morgan fingerprint density at radius 3 is 2.28 bits per heavy atom. The van der Waals surface area contributed by atoms with Crippen molar-refractivity contribution in [1.29, 1.82) is 0 Å². The Morgan fingerprint density at radius 1 is 0.960 bits per heavy atom. The van der Waals surface area contributed by atoms with E-state index in [0.717, 1.165) is 16.8 Å². The molecule has 2 aliphatic rings. The molecule has 0 aromatic heterocycles. The van der Waals surface area contributed by atoms with Crippen LogP contribution in [0.25, 0.3) is 0 Å². The number of imide groups is 1. The minimum Gasteiger partial charge on any atom is -0.280 e. The molecule has 2 aromatic carbocycles. The van der Waals surface area contributed by atoms with E-state index in [1.165, 1.54) is 4.90 Å². The molecule has 2 heterocycles. The largest absolute Gasteiger partial charge is 0.280 e. The fraction of sp³-hybridized carbons (Fsp3) is 0.300. The number of likely N-dealkylation sites (tertiary alicyclic amines) is 1. The quantitative estimate of drug-likeness (QED) is 0.809. The second kappa shape index (κ2) is 6.01. The zero-order valence-electron chi connectivity index (χ0n) is 14.3. The van der Waals surface area contributed by atoms with E-state index < -0.39 is 12.0 Å². The van der Waals surface area contributed by atoms with Gasteiger partial charge in [0.05, 0.1) is 11.7 Å². The van der Waals surface area contributed by atoms with Crippen molar-refractivity contribution < 1.29 is 14.4 Å². The van der Waals surface area contributed by atoms with Crippen LogP contribution in [0.1, 0.15) is 24.1 Å². The monoisotopic (exact) mass is 336 g/mol. The molecule has 25 heavy (non-hydrogen) atoms. The van der Waals surface area contributed by atoms with Crippen LogP contribution in [0.4, 0.5) is 5.69 Å². The van der Waals surface area contributed by atoms with Crippen LogP contribution in [-0.2, 0) is 14.4 Å². The van der Waals surface area contributed by atoms with Crippen molar-refractivity contribution in [2.45, 2.75) is 26.0 Å². The van der Waals surface area contributed by atoms with Gasteiger partial charge < -0.3 is 0 Å². The lowest BCUT2D eigenvalue weighted by atomic mass is 9.90. The van der Waals surface area contributed by atoms with Gasteiger partial charge in [0.25, 0.3) is 5.91 Å². The second-order valence-electron chi connectivity index (χ2n) is 6.49. The van der Waals surface area contributed by atoms with E-state index in [1.807, 2.05) is 68.4 Å². The van der Waals surface area contributed by atoms with Crippen molar-refractivity contribution in [1.82, 2.24) is 4.90 Å². The van der Waals surface area contributed by atoms with Crippen molar-refractivity contribution in [2.24, 2.45) is 5.92 Å². The van der Waals surface area contributed by atoms with Gasteiger partial charge in [-0.2, -0.15) is 0 Å². The van der Waals surface area contributed by atoms with Crippen molar-refractivity contribution in [3.63, 3.8) is 0 Å². The summed E-state index contributed by atoms with van der Waals surface area (Å²) in [6.07, 6.45) is -0.751. The van der Waals surface area contributed by atoms with Crippen molar-refractivity contribution in [3.05, 3.63) is 65.7 Å². The molecule has 3 unspecified atom stereocenters. The van der Waals surface area contributed by atoms with Crippen LogP contribution < -0.4 is 5.06 Å². The summed E-state index contributed by atoms with van der Waals surface area (Å²) < 4.78 is 0. The van der Waals surface area contributed by atoms with Crippen molar-refractivity contribution in [3.8, 4) is 0 Å². The van der Waals surface area contributed by atoms with Crippen LogP contribution in [0, 0.1) is 12.8 Å². The third-order valence-corrected chi connectivity index (χ3v) is 4.95. The normalized spacial score (nSPS) is 25.6. The molecule has 2 saturated heterocycles. The number of amides is 2. The van der Waals surface area contributed by atoms with E-state index in [9.17, 15) is 9.59 Å². The summed E-state index contributed by atoms with van der Waals surface area (Å²) in [5, 5.41) is 1.72. The zero-order valence-corrected chi connectivity index (χ0v) is 14.3. The maximum atomic E-state index is 12.9. The van der Waals surface area contributed by atoms with Gasteiger partial charge in [-0.05, 0) is 31.5 Å². The van der Waals surface area contributed by atoms with Crippen LogP contribution in [0.15, 0.2) is 54.6 Å². The maximum Gasteiger partial charge on any atom is 0.261 e. The van der Waals surface area contributed by atoms with Crippen LogP contribution in [0.3, 0.4) is 0 Å². The summed E-state index contributed by atoms with van der Waals surface area (Å²) in [5.41, 5.74) is 2.96. The molecule has 0 aliphatic carbocycles. The molecule has 2 fully saturated rings. The highest BCUT2D eigenvalue weighted by Gasteiger charge is 2.59. The number of rotatable bonds is 3. The summed E-state index contributed by atoms with van der Waals surface area (Å²) in [7, 11) is 0. The van der Waals surface area contributed by atoms with E-state index in [4.69, 9.17) is 4.84 Å². The first-order valence-electron chi connectivity index (χ1n) is 8.54. The fourth-order valence-electron chi connectivity index (χ4n) is 3.68. The van der Waals surface area contributed by atoms with Crippen LogP contribution in [-0.4, -0.2) is 29.4 Å². The lowest BCUT2D eigenvalue weighted by Crippen LogP contribution is -2.37. The van der Waals surface area contributed by atoms with Crippen molar-refractivity contribution in [2.75, 3.05) is 11.6 Å². The van der Waals surface area contributed by atoms with Crippen LogP contribution in [0.5, 0.6) is 0 Å². The van der Waals surface area contributed by atoms with Gasteiger partial charge in [0.15, 0.2) is 6.10 Å². The number of aryl methyl sites for hydroxylation is 1. The van der Waals surface area contributed by atoms with Gasteiger partial charge in [-0.1, -0.05) is 48.0 Å². The number of likely N-dealkylation sites (N-methyl/N-ethyl adjacent to an activating group) is 1. The molecule has 4 rings (SSSR count).